The first-order valence-corrected chi connectivity index (χ1v) is 7.34. The molecule has 116 valence electrons. The number of nitrogens with zero attached hydrogens (tertiary/aromatic N) is 2. The summed E-state index contributed by atoms with van der Waals surface area (Å²) >= 11 is 0. The molecule has 2 rings (SSSR count). The smallest absolute Gasteiger partial charge is 0.335 e. The normalized spacial score (nSPS) is 17.3. The van der Waals surface area contributed by atoms with Gasteiger partial charge in [0.25, 0.3) is 0 Å². The van der Waals surface area contributed by atoms with E-state index in [1.807, 2.05) is 0 Å². The van der Waals surface area contributed by atoms with E-state index in [1.54, 1.807) is 0 Å². The van der Waals surface area contributed by atoms with Crippen molar-refractivity contribution in [3.8, 4) is 0 Å². The van der Waals surface area contributed by atoms with Gasteiger partial charge < -0.3 is 10.0 Å². The van der Waals surface area contributed by atoms with Crippen molar-refractivity contribution in [2.24, 2.45) is 5.92 Å². The molecule has 1 saturated heterocycles. The number of halogens is 1. The van der Waals surface area contributed by atoms with Crippen LogP contribution in [0.4, 0.5) is 4.39 Å². The molecule has 0 bridgehead atoms. The fraction of sp³-hybridized carbons (Fsp3) is 0.562. The zero-order valence-corrected chi connectivity index (χ0v) is 12.7. The minimum absolute atomic E-state index is 0.147. The maximum atomic E-state index is 13.8. The van der Waals surface area contributed by atoms with Crippen LogP contribution in [0, 0.1) is 11.7 Å². The Bertz CT molecular complexity index is 497. The Morgan fingerprint density at radius 2 is 2.05 bits per heavy atom. The van der Waals surface area contributed by atoms with E-state index in [-0.39, 0.29) is 11.4 Å². The quantitative estimate of drug-likeness (QED) is 0.905. The second kappa shape index (κ2) is 7.00. The molecule has 1 aliphatic heterocycles. The molecule has 0 radical (unpaired) electrons. The van der Waals surface area contributed by atoms with E-state index < -0.39 is 5.97 Å². The first-order valence-electron chi connectivity index (χ1n) is 7.34. The molecule has 1 aromatic carbocycles. The van der Waals surface area contributed by atoms with Crippen LogP contribution in [-0.2, 0) is 6.54 Å². The van der Waals surface area contributed by atoms with Gasteiger partial charge in [0.05, 0.1) is 5.56 Å². The van der Waals surface area contributed by atoms with E-state index >= 15 is 0 Å². The van der Waals surface area contributed by atoms with Gasteiger partial charge in [-0.15, -0.1) is 0 Å². The van der Waals surface area contributed by atoms with Gasteiger partial charge >= 0.3 is 5.97 Å². The Hall–Kier alpha value is -1.46. The lowest BCUT2D eigenvalue weighted by atomic mass is 9.96. The van der Waals surface area contributed by atoms with E-state index in [0.29, 0.717) is 18.0 Å². The molecule has 0 saturated carbocycles. The Balaban J connectivity index is 1.94. The predicted octanol–water partition coefficient (Wildman–Crippen LogP) is 2.30. The summed E-state index contributed by atoms with van der Waals surface area (Å²) in [4.78, 5) is 15.4. The topological polar surface area (TPSA) is 43.8 Å². The van der Waals surface area contributed by atoms with Crippen molar-refractivity contribution in [1.82, 2.24) is 9.80 Å². The first kappa shape index (κ1) is 15.9. The van der Waals surface area contributed by atoms with Crippen molar-refractivity contribution >= 4 is 5.97 Å². The number of carboxylic acid groups (broad SMARTS) is 1. The average Bonchev–Trinajstić information content (AvgIpc) is 2.42. The van der Waals surface area contributed by atoms with Crippen LogP contribution in [0.1, 0.15) is 28.8 Å². The average molecular weight is 294 g/mol. The predicted molar refractivity (Wildman–Crippen MR) is 79.9 cm³/mol. The van der Waals surface area contributed by atoms with Gasteiger partial charge in [0.15, 0.2) is 0 Å². The number of rotatable bonds is 5. The molecule has 0 aliphatic carbocycles. The SMILES string of the molecule is CN(C)CC1CCN(Cc2cc(C(=O)O)ccc2F)CC1. The Morgan fingerprint density at radius 3 is 2.62 bits per heavy atom. The largest absolute Gasteiger partial charge is 0.478 e. The van der Waals surface area contributed by atoms with Crippen molar-refractivity contribution in [3.63, 3.8) is 0 Å². The highest BCUT2D eigenvalue weighted by molar-refractivity contribution is 5.87. The van der Waals surface area contributed by atoms with Gasteiger partial charge in [-0.1, -0.05) is 0 Å². The number of likely N-dealkylation sites (tertiary alicyclic amines) is 1. The monoisotopic (exact) mass is 294 g/mol. The fourth-order valence-electron chi connectivity index (χ4n) is 2.91. The van der Waals surface area contributed by atoms with Crippen LogP contribution in [-0.4, -0.2) is 54.6 Å². The number of hydrogen-bond donors (Lipinski definition) is 1. The second-order valence-corrected chi connectivity index (χ2v) is 6.09. The molecule has 0 unspecified atom stereocenters. The van der Waals surface area contributed by atoms with E-state index in [1.165, 1.54) is 18.2 Å². The molecule has 1 aliphatic rings. The third-order valence-corrected chi connectivity index (χ3v) is 4.02. The highest BCUT2D eigenvalue weighted by atomic mass is 19.1. The number of hydrogen-bond acceptors (Lipinski definition) is 3. The molecule has 0 aromatic heterocycles. The standard InChI is InChI=1S/C16H23FN2O2/c1-18(2)10-12-5-7-19(8-6-12)11-14-9-13(16(20)21)3-4-15(14)17/h3-4,9,12H,5-8,10-11H2,1-2H3,(H,20,21). The number of aromatic carboxylic acids is 1. The van der Waals surface area contributed by atoms with E-state index in [9.17, 15) is 9.18 Å². The molecular weight excluding hydrogens is 271 g/mol. The van der Waals surface area contributed by atoms with Crippen molar-refractivity contribution in [3.05, 3.63) is 35.1 Å². The minimum Gasteiger partial charge on any atom is -0.478 e. The molecule has 0 amide bonds. The van der Waals surface area contributed by atoms with Crippen molar-refractivity contribution in [1.29, 1.82) is 0 Å². The molecule has 1 fully saturated rings. The van der Waals surface area contributed by atoms with Gasteiger partial charge in [0, 0.05) is 18.7 Å². The Kier molecular flexibility index (Phi) is 5.31. The Labute approximate surface area is 125 Å². The van der Waals surface area contributed by atoms with Crippen LogP contribution in [0.25, 0.3) is 0 Å². The molecule has 4 nitrogen and oxygen atoms in total. The van der Waals surface area contributed by atoms with Gasteiger partial charge in [-0.25, -0.2) is 9.18 Å². The Morgan fingerprint density at radius 1 is 1.38 bits per heavy atom. The molecular formula is C16H23FN2O2. The van der Waals surface area contributed by atoms with Gasteiger partial charge in [0.1, 0.15) is 5.82 Å². The molecule has 1 aromatic rings. The molecule has 5 heteroatoms. The molecule has 1 N–H and O–H groups in total. The van der Waals surface area contributed by atoms with E-state index in [2.05, 4.69) is 23.9 Å². The number of carboxylic acids is 1. The second-order valence-electron chi connectivity index (χ2n) is 6.09. The maximum Gasteiger partial charge on any atom is 0.335 e. The lowest BCUT2D eigenvalue weighted by Gasteiger charge is -2.33. The number of benzene rings is 1. The summed E-state index contributed by atoms with van der Waals surface area (Å²) in [6, 6.07) is 4.01. The highest BCUT2D eigenvalue weighted by Crippen LogP contribution is 2.21. The summed E-state index contributed by atoms with van der Waals surface area (Å²) in [5, 5.41) is 8.98. The van der Waals surface area contributed by atoms with Crippen LogP contribution in [0.2, 0.25) is 0 Å². The lowest BCUT2D eigenvalue weighted by molar-refractivity contribution is 0.0696. The summed E-state index contributed by atoms with van der Waals surface area (Å²) in [5.74, 6) is -0.636. The van der Waals surface area contributed by atoms with Crippen molar-refractivity contribution in [2.75, 3.05) is 33.7 Å². The summed E-state index contributed by atoms with van der Waals surface area (Å²) in [6.45, 7) is 3.46. The third-order valence-electron chi connectivity index (χ3n) is 4.02. The highest BCUT2D eigenvalue weighted by Gasteiger charge is 2.20. The summed E-state index contributed by atoms with van der Waals surface area (Å²) in [6.07, 6.45) is 2.22. The number of carbonyl (C=O) groups is 1. The van der Waals surface area contributed by atoms with Gasteiger partial charge in [0.2, 0.25) is 0 Å². The summed E-state index contributed by atoms with van der Waals surface area (Å²) in [7, 11) is 4.16. The van der Waals surface area contributed by atoms with Crippen LogP contribution in [0.3, 0.4) is 0 Å². The van der Waals surface area contributed by atoms with E-state index in [4.69, 9.17) is 5.11 Å². The maximum absolute atomic E-state index is 13.8. The van der Waals surface area contributed by atoms with Crippen LogP contribution < -0.4 is 0 Å². The molecule has 1 heterocycles. The van der Waals surface area contributed by atoms with Gasteiger partial charge in [-0.05, 0) is 64.1 Å². The molecule has 0 atom stereocenters. The third kappa shape index (κ3) is 4.51. The van der Waals surface area contributed by atoms with Gasteiger partial charge in [-0.3, -0.25) is 4.90 Å². The zero-order valence-electron chi connectivity index (χ0n) is 12.7. The summed E-state index contributed by atoms with van der Waals surface area (Å²) in [5.41, 5.74) is 0.620. The van der Waals surface area contributed by atoms with Crippen molar-refractivity contribution in [2.45, 2.75) is 19.4 Å². The fourth-order valence-corrected chi connectivity index (χ4v) is 2.91. The number of piperidine rings is 1. The van der Waals surface area contributed by atoms with Crippen LogP contribution in [0.5, 0.6) is 0 Å². The zero-order chi connectivity index (χ0) is 15.4. The minimum atomic E-state index is -1.01. The van der Waals surface area contributed by atoms with Crippen molar-refractivity contribution < 1.29 is 14.3 Å². The lowest BCUT2D eigenvalue weighted by Crippen LogP contribution is -2.36. The van der Waals surface area contributed by atoms with Crippen LogP contribution >= 0.6 is 0 Å². The van der Waals surface area contributed by atoms with Crippen LogP contribution in [0.15, 0.2) is 18.2 Å². The molecule has 0 spiro atoms. The van der Waals surface area contributed by atoms with Gasteiger partial charge in [-0.2, -0.15) is 0 Å². The summed E-state index contributed by atoms with van der Waals surface area (Å²) < 4.78 is 13.8. The first-order chi connectivity index (χ1) is 9.95. The van der Waals surface area contributed by atoms with E-state index in [0.717, 1.165) is 32.5 Å². The molecule has 21 heavy (non-hydrogen) atoms.